The Kier molecular flexibility index (Phi) is 2.49. The maximum absolute atomic E-state index is 4.26. The van der Waals surface area contributed by atoms with Crippen molar-refractivity contribution in [1.29, 1.82) is 0 Å². The SMILES string of the molecule is Cc1nc2ccccc2[nH]1.[Ag]. The summed E-state index contributed by atoms with van der Waals surface area (Å²) < 4.78 is 0. The molecule has 0 fully saturated rings. The minimum absolute atomic E-state index is 0. The Morgan fingerprint density at radius 3 is 2.73 bits per heavy atom. The zero-order valence-corrected chi connectivity index (χ0v) is 7.54. The number of fused-ring (bicyclic) bond motifs is 1. The van der Waals surface area contributed by atoms with Gasteiger partial charge in [0.05, 0.1) is 11.0 Å². The molecule has 1 N–H and O–H groups in total. The predicted molar refractivity (Wildman–Crippen MR) is 40.8 cm³/mol. The van der Waals surface area contributed by atoms with E-state index in [2.05, 4.69) is 9.97 Å². The molecule has 2 rings (SSSR count). The number of hydrogen-bond acceptors (Lipinski definition) is 1. The Morgan fingerprint density at radius 1 is 1.27 bits per heavy atom. The van der Waals surface area contributed by atoms with Crippen LogP contribution in [0.5, 0.6) is 0 Å². The fourth-order valence-electron chi connectivity index (χ4n) is 1.08. The van der Waals surface area contributed by atoms with Gasteiger partial charge in [-0.05, 0) is 19.1 Å². The third kappa shape index (κ3) is 1.53. The molecule has 1 aromatic carbocycles. The minimum atomic E-state index is 0. The van der Waals surface area contributed by atoms with Gasteiger partial charge in [-0.25, -0.2) is 4.98 Å². The van der Waals surface area contributed by atoms with Crippen LogP contribution in [0, 0.1) is 6.92 Å². The molecule has 0 spiro atoms. The number of nitrogens with zero attached hydrogens (tertiary/aromatic N) is 1. The topological polar surface area (TPSA) is 28.7 Å². The van der Waals surface area contributed by atoms with E-state index in [-0.39, 0.29) is 22.4 Å². The van der Waals surface area contributed by atoms with Crippen molar-refractivity contribution in [1.82, 2.24) is 9.97 Å². The van der Waals surface area contributed by atoms with Crippen molar-refractivity contribution in [2.75, 3.05) is 0 Å². The fourth-order valence-corrected chi connectivity index (χ4v) is 1.08. The molecule has 0 amide bonds. The molecule has 0 atom stereocenters. The maximum Gasteiger partial charge on any atom is 0.104 e. The summed E-state index contributed by atoms with van der Waals surface area (Å²) in [7, 11) is 0. The number of nitrogens with one attached hydrogen (secondary N) is 1. The molecule has 0 unspecified atom stereocenters. The number of aromatic amines is 1. The summed E-state index contributed by atoms with van der Waals surface area (Å²) in [4.78, 5) is 7.40. The Bertz CT molecular complexity index is 321. The van der Waals surface area contributed by atoms with Crippen molar-refractivity contribution in [3.63, 3.8) is 0 Å². The van der Waals surface area contributed by atoms with Crippen LogP contribution in [-0.2, 0) is 22.4 Å². The second-order valence-corrected chi connectivity index (χ2v) is 2.34. The summed E-state index contributed by atoms with van der Waals surface area (Å²) in [6, 6.07) is 8.01. The molecule has 2 nitrogen and oxygen atoms in total. The molecule has 1 aromatic heterocycles. The number of benzene rings is 1. The zero-order chi connectivity index (χ0) is 6.97. The van der Waals surface area contributed by atoms with Crippen molar-refractivity contribution in [2.45, 2.75) is 6.92 Å². The smallest absolute Gasteiger partial charge is 0.104 e. The van der Waals surface area contributed by atoms with E-state index in [0.717, 1.165) is 16.9 Å². The molecule has 3 heteroatoms. The standard InChI is InChI=1S/C8H8N2.Ag/c1-6-9-7-4-2-3-5-8(7)10-6;/h2-5H,1H3,(H,9,10);. The van der Waals surface area contributed by atoms with Crippen molar-refractivity contribution >= 4 is 11.0 Å². The normalized spacial score (nSPS) is 9.55. The van der Waals surface area contributed by atoms with Crippen LogP contribution in [-0.4, -0.2) is 9.97 Å². The zero-order valence-electron chi connectivity index (χ0n) is 6.06. The molecule has 0 saturated carbocycles. The number of aryl methyl sites for hydroxylation is 1. The van der Waals surface area contributed by atoms with Crippen molar-refractivity contribution in [3.8, 4) is 0 Å². The van der Waals surface area contributed by atoms with E-state index in [1.807, 2.05) is 31.2 Å². The Balaban J connectivity index is 0.000000605. The monoisotopic (exact) mass is 239 g/mol. The van der Waals surface area contributed by atoms with Crippen LogP contribution in [0.1, 0.15) is 5.82 Å². The van der Waals surface area contributed by atoms with Crippen LogP contribution in [0.3, 0.4) is 0 Å². The third-order valence-electron chi connectivity index (χ3n) is 1.51. The number of H-pyrrole nitrogens is 1. The van der Waals surface area contributed by atoms with Gasteiger partial charge < -0.3 is 4.98 Å². The molecule has 61 valence electrons. The van der Waals surface area contributed by atoms with Crippen molar-refractivity contribution in [3.05, 3.63) is 30.1 Å². The number of para-hydroxylation sites is 2. The molecule has 1 heterocycles. The number of rotatable bonds is 0. The average Bonchev–Trinajstić information content (AvgIpc) is 2.27. The average molecular weight is 240 g/mol. The largest absolute Gasteiger partial charge is 0.342 e. The van der Waals surface area contributed by atoms with Gasteiger partial charge in [0.2, 0.25) is 0 Å². The van der Waals surface area contributed by atoms with Gasteiger partial charge in [0.1, 0.15) is 5.82 Å². The minimum Gasteiger partial charge on any atom is -0.342 e. The number of hydrogen-bond donors (Lipinski definition) is 1. The molecule has 0 bridgehead atoms. The van der Waals surface area contributed by atoms with E-state index >= 15 is 0 Å². The van der Waals surface area contributed by atoms with Crippen LogP contribution < -0.4 is 0 Å². The molecule has 0 aliphatic carbocycles. The quantitative estimate of drug-likeness (QED) is 0.699. The number of imidazole rings is 1. The Hall–Kier alpha value is -0.570. The predicted octanol–water partition coefficient (Wildman–Crippen LogP) is 1.87. The van der Waals surface area contributed by atoms with Crippen LogP contribution >= 0.6 is 0 Å². The van der Waals surface area contributed by atoms with E-state index < -0.39 is 0 Å². The molecule has 0 aliphatic rings. The molecule has 0 aliphatic heterocycles. The summed E-state index contributed by atoms with van der Waals surface area (Å²) >= 11 is 0. The first-order chi connectivity index (χ1) is 4.86. The molecular formula is C8H8AgN2. The molecule has 1 radical (unpaired) electrons. The fraction of sp³-hybridized carbons (Fsp3) is 0.125. The van der Waals surface area contributed by atoms with Gasteiger partial charge in [0, 0.05) is 22.4 Å². The first kappa shape index (κ1) is 8.53. The van der Waals surface area contributed by atoms with Gasteiger partial charge in [-0.2, -0.15) is 0 Å². The summed E-state index contributed by atoms with van der Waals surface area (Å²) in [6.07, 6.45) is 0. The molecular weight excluding hydrogens is 232 g/mol. The van der Waals surface area contributed by atoms with Gasteiger partial charge in [-0.15, -0.1) is 0 Å². The van der Waals surface area contributed by atoms with E-state index in [9.17, 15) is 0 Å². The van der Waals surface area contributed by atoms with Crippen molar-refractivity contribution < 1.29 is 22.4 Å². The second kappa shape index (κ2) is 3.22. The second-order valence-electron chi connectivity index (χ2n) is 2.34. The van der Waals surface area contributed by atoms with E-state index in [4.69, 9.17) is 0 Å². The molecule has 11 heavy (non-hydrogen) atoms. The summed E-state index contributed by atoms with van der Waals surface area (Å²) in [6.45, 7) is 1.96. The summed E-state index contributed by atoms with van der Waals surface area (Å²) in [5, 5.41) is 0. The maximum atomic E-state index is 4.26. The van der Waals surface area contributed by atoms with Crippen LogP contribution in [0.15, 0.2) is 24.3 Å². The van der Waals surface area contributed by atoms with E-state index in [1.54, 1.807) is 0 Å². The van der Waals surface area contributed by atoms with Crippen LogP contribution in [0.4, 0.5) is 0 Å². The first-order valence-electron chi connectivity index (χ1n) is 3.27. The van der Waals surface area contributed by atoms with Gasteiger partial charge in [0.15, 0.2) is 0 Å². The number of aromatic nitrogens is 2. The van der Waals surface area contributed by atoms with E-state index in [1.165, 1.54) is 0 Å². The van der Waals surface area contributed by atoms with E-state index in [0.29, 0.717) is 0 Å². The van der Waals surface area contributed by atoms with Gasteiger partial charge in [0.25, 0.3) is 0 Å². The van der Waals surface area contributed by atoms with Crippen LogP contribution in [0.25, 0.3) is 11.0 Å². The summed E-state index contributed by atoms with van der Waals surface area (Å²) in [5.41, 5.74) is 2.15. The van der Waals surface area contributed by atoms with Gasteiger partial charge >= 0.3 is 0 Å². The first-order valence-corrected chi connectivity index (χ1v) is 3.27. The molecule has 2 aromatic rings. The Labute approximate surface area is 80.5 Å². The van der Waals surface area contributed by atoms with Gasteiger partial charge in [-0.3, -0.25) is 0 Å². The molecule has 0 saturated heterocycles. The third-order valence-corrected chi connectivity index (χ3v) is 1.51. The van der Waals surface area contributed by atoms with Crippen molar-refractivity contribution in [2.24, 2.45) is 0 Å². The summed E-state index contributed by atoms with van der Waals surface area (Å²) in [5.74, 6) is 0.973. The van der Waals surface area contributed by atoms with Crippen LogP contribution in [0.2, 0.25) is 0 Å². The Morgan fingerprint density at radius 2 is 2.00 bits per heavy atom. The van der Waals surface area contributed by atoms with Gasteiger partial charge in [-0.1, -0.05) is 12.1 Å².